The van der Waals surface area contributed by atoms with Gasteiger partial charge in [0.2, 0.25) is 0 Å². The molecule has 0 aliphatic carbocycles. The van der Waals surface area contributed by atoms with Crippen molar-refractivity contribution in [2.45, 2.75) is 6.92 Å². The van der Waals surface area contributed by atoms with Crippen molar-refractivity contribution in [1.82, 2.24) is 29.6 Å². The van der Waals surface area contributed by atoms with Gasteiger partial charge in [0.25, 0.3) is 11.9 Å². The van der Waals surface area contributed by atoms with Crippen LogP contribution in [0.25, 0.3) is 27.6 Å². The van der Waals surface area contributed by atoms with Crippen LogP contribution in [0.1, 0.15) is 15.4 Å². The normalized spacial score (nSPS) is 16.7. The summed E-state index contributed by atoms with van der Waals surface area (Å²) in [4.78, 5) is 31.3. The van der Waals surface area contributed by atoms with Crippen LogP contribution in [0.3, 0.4) is 0 Å². The van der Waals surface area contributed by atoms with Gasteiger partial charge in [-0.15, -0.1) is 11.3 Å². The van der Waals surface area contributed by atoms with Gasteiger partial charge in [0, 0.05) is 37.9 Å². The van der Waals surface area contributed by atoms with Crippen LogP contribution in [0.5, 0.6) is 0 Å². The van der Waals surface area contributed by atoms with E-state index in [2.05, 4.69) is 28.9 Å². The molecule has 3 aromatic heterocycles. The summed E-state index contributed by atoms with van der Waals surface area (Å²) in [5.74, 6) is 1.10. The first-order valence-electron chi connectivity index (χ1n) is 11.7. The Morgan fingerprint density at radius 2 is 1.74 bits per heavy atom. The molecule has 5 heterocycles. The topological polar surface area (TPSA) is 98.5 Å². The quantitative estimate of drug-likeness (QED) is 0.430. The molecule has 2 aliphatic heterocycles. The second kappa shape index (κ2) is 9.33. The number of fused-ring (bicyclic) bond motifs is 1. The van der Waals surface area contributed by atoms with Gasteiger partial charge in [-0.25, -0.2) is 9.67 Å². The van der Waals surface area contributed by atoms with Gasteiger partial charge in [-0.1, -0.05) is 23.8 Å². The van der Waals surface area contributed by atoms with Crippen molar-refractivity contribution < 1.29 is 14.3 Å². The average Bonchev–Trinajstić information content (AvgIpc) is 3.57. The molecule has 0 radical (unpaired) electrons. The van der Waals surface area contributed by atoms with E-state index in [1.54, 1.807) is 9.58 Å². The smallest absolute Gasteiger partial charge is 0.283 e. The van der Waals surface area contributed by atoms with Crippen molar-refractivity contribution in [3.63, 3.8) is 0 Å². The minimum absolute atomic E-state index is 0.0911. The van der Waals surface area contributed by atoms with Crippen molar-refractivity contribution in [2.24, 2.45) is 0 Å². The number of aryl methyl sites for hydroxylation is 1. The number of thiazole rings is 1. The van der Waals surface area contributed by atoms with E-state index in [4.69, 9.17) is 24.5 Å². The van der Waals surface area contributed by atoms with E-state index < -0.39 is 0 Å². The van der Waals surface area contributed by atoms with Gasteiger partial charge in [-0.05, 0) is 19.1 Å². The summed E-state index contributed by atoms with van der Waals surface area (Å²) in [5.41, 5.74) is 3.55. The lowest BCUT2D eigenvalue weighted by Crippen LogP contribution is -2.40. The highest BCUT2D eigenvalue weighted by Gasteiger charge is 2.26. The van der Waals surface area contributed by atoms with Gasteiger partial charge >= 0.3 is 0 Å². The molecule has 0 bridgehead atoms. The number of carbonyl (C=O) groups excluding carboxylic acids is 1. The van der Waals surface area contributed by atoms with Crippen LogP contribution >= 0.6 is 11.3 Å². The van der Waals surface area contributed by atoms with Crippen molar-refractivity contribution in [3.05, 3.63) is 47.1 Å². The SMILES string of the molecule is Cc1cccc(-c2ccn(-c3nc(N4CCOCC4)c4sc(C(=O)N5CCOCC5)nc4n3)n2)c1. The molecule has 2 aliphatic rings. The zero-order chi connectivity index (χ0) is 23.8. The molecule has 4 aromatic rings. The van der Waals surface area contributed by atoms with Gasteiger partial charge in [0.15, 0.2) is 16.5 Å². The lowest BCUT2D eigenvalue weighted by atomic mass is 10.1. The molecule has 1 amide bonds. The summed E-state index contributed by atoms with van der Waals surface area (Å²) >= 11 is 1.35. The number of hydrogen-bond donors (Lipinski definition) is 0. The maximum Gasteiger partial charge on any atom is 0.283 e. The van der Waals surface area contributed by atoms with E-state index in [1.807, 2.05) is 24.4 Å². The fourth-order valence-electron chi connectivity index (χ4n) is 4.28. The Hall–Kier alpha value is -3.41. The molecule has 0 atom stereocenters. The summed E-state index contributed by atoms with van der Waals surface area (Å²) in [7, 11) is 0. The Bertz CT molecular complexity index is 1370. The van der Waals surface area contributed by atoms with Crippen molar-refractivity contribution >= 4 is 33.4 Å². The Kier molecular flexibility index (Phi) is 5.88. The minimum atomic E-state index is -0.0911. The number of rotatable bonds is 4. The average molecular weight is 492 g/mol. The van der Waals surface area contributed by atoms with Gasteiger partial charge in [-0.3, -0.25) is 4.79 Å². The number of amides is 1. The first-order chi connectivity index (χ1) is 17.2. The van der Waals surface area contributed by atoms with Crippen LogP contribution in [0.15, 0.2) is 36.5 Å². The summed E-state index contributed by atoms with van der Waals surface area (Å²) in [6, 6.07) is 10.2. The lowest BCUT2D eigenvalue weighted by molar-refractivity contribution is 0.0303. The predicted molar refractivity (Wildman–Crippen MR) is 132 cm³/mol. The molecule has 0 unspecified atom stereocenters. The number of anilines is 1. The number of morpholine rings is 2. The van der Waals surface area contributed by atoms with Crippen molar-refractivity contribution in [3.8, 4) is 17.2 Å². The van der Waals surface area contributed by atoms with Crippen LogP contribution in [-0.4, -0.2) is 88.1 Å². The number of benzene rings is 1. The molecule has 180 valence electrons. The number of carbonyl (C=O) groups is 1. The van der Waals surface area contributed by atoms with Gasteiger partial charge < -0.3 is 19.3 Å². The largest absolute Gasteiger partial charge is 0.378 e. The fourth-order valence-corrected chi connectivity index (χ4v) is 5.27. The second-order valence-electron chi connectivity index (χ2n) is 8.54. The molecular weight excluding hydrogens is 466 g/mol. The van der Waals surface area contributed by atoms with E-state index in [0.29, 0.717) is 69.2 Å². The highest BCUT2D eigenvalue weighted by atomic mass is 32.1. The molecule has 35 heavy (non-hydrogen) atoms. The first kappa shape index (κ1) is 22.1. The van der Waals surface area contributed by atoms with Crippen molar-refractivity contribution in [1.29, 1.82) is 0 Å². The zero-order valence-corrected chi connectivity index (χ0v) is 20.2. The van der Waals surface area contributed by atoms with Gasteiger partial charge in [-0.2, -0.15) is 15.1 Å². The van der Waals surface area contributed by atoms with Crippen LogP contribution < -0.4 is 4.90 Å². The number of hydrogen-bond acceptors (Lipinski definition) is 9. The van der Waals surface area contributed by atoms with E-state index >= 15 is 0 Å². The molecule has 0 spiro atoms. The fraction of sp³-hybridized carbons (Fsp3) is 0.375. The summed E-state index contributed by atoms with van der Waals surface area (Å²) in [6.07, 6.45) is 1.86. The summed E-state index contributed by atoms with van der Waals surface area (Å²) in [6.45, 7) is 6.95. The first-order valence-corrected chi connectivity index (χ1v) is 12.5. The predicted octanol–water partition coefficient (Wildman–Crippen LogP) is 2.56. The number of aromatic nitrogens is 5. The lowest BCUT2D eigenvalue weighted by Gasteiger charge is -2.28. The standard InChI is InChI=1S/C24H25N7O3S/c1-16-3-2-4-17(15-16)18-5-6-31(28-18)24-26-20-19(21(27-24)29-7-11-33-12-8-29)35-22(25-20)23(32)30-9-13-34-14-10-30/h2-6,15H,7-14H2,1H3. The maximum absolute atomic E-state index is 13.1. The Balaban J connectivity index is 1.41. The van der Waals surface area contributed by atoms with Crippen LogP contribution in [0, 0.1) is 6.92 Å². The molecule has 0 saturated carbocycles. The van der Waals surface area contributed by atoms with E-state index in [1.165, 1.54) is 16.9 Å². The third-order valence-corrected chi connectivity index (χ3v) is 7.15. The third kappa shape index (κ3) is 4.38. The Morgan fingerprint density at radius 3 is 2.51 bits per heavy atom. The summed E-state index contributed by atoms with van der Waals surface area (Å²) in [5, 5.41) is 5.16. The van der Waals surface area contributed by atoms with Crippen LogP contribution in [0.4, 0.5) is 5.82 Å². The van der Waals surface area contributed by atoms with Crippen LogP contribution in [-0.2, 0) is 9.47 Å². The number of nitrogens with zero attached hydrogens (tertiary/aromatic N) is 7. The highest BCUT2D eigenvalue weighted by molar-refractivity contribution is 7.20. The molecule has 1 aromatic carbocycles. The third-order valence-electron chi connectivity index (χ3n) is 6.12. The van der Waals surface area contributed by atoms with E-state index in [0.717, 1.165) is 21.8 Å². The Labute approximate surface area is 206 Å². The maximum atomic E-state index is 13.1. The molecule has 6 rings (SSSR count). The molecule has 11 heteroatoms. The summed E-state index contributed by atoms with van der Waals surface area (Å²) < 4.78 is 13.4. The molecule has 10 nitrogen and oxygen atoms in total. The number of ether oxygens (including phenoxy) is 2. The second-order valence-corrected chi connectivity index (χ2v) is 9.54. The minimum Gasteiger partial charge on any atom is -0.378 e. The van der Waals surface area contributed by atoms with Gasteiger partial charge in [0.1, 0.15) is 4.70 Å². The zero-order valence-electron chi connectivity index (χ0n) is 19.4. The van der Waals surface area contributed by atoms with E-state index in [-0.39, 0.29) is 5.91 Å². The van der Waals surface area contributed by atoms with Crippen LogP contribution in [0.2, 0.25) is 0 Å². The Morgan fingerprint density at radius 1 is 0.971 bits per heavy atom. The molecule has 2 fully saturated rings. The van der Waals surface area contributed by atoms with E-state index in [9.17, 15) is 4.79 Å². The molecular formula is C24H25N7O3S. The monoisotopic (exact) mass is 491 g/mol. The molecule has 2 saturated heterocycles. The highest BCUT2D eigenvalue weighted by Crippen LogP contribution is 2.32. The van der Waals surface area contributed by atoms with Gasteiger partial charge in [0.05, 0.1) is 32.1 Å². The van der Waals surface area contributed by atoms with Crippen molar-refractivity contribution in [2.75, 3.05) is 57.5 Å². The molecule has 0 N–H and O–H groups in total.